The van der Waals surface area contributed by atoms with Gasteiger partial charge in [0.1, 0.15) is 5.49 Å². The molecule has 1 aliphatic rings. The van der Waals surface area contributed by atoms with Gasteiger partial charge in [0.25, 0.3) is 0 Å². The van der Waals surface area contributed by atoms with Gasteiger partial charge in [-0.05, 0) is 38.0 Å². The molecule has 0 saturated heterocycles. The number of nitrogens with zero attached hydrogens (tertiary/aromatic N) is 2. The van der Waals surface area contributed by atoms with E-state index >= 15 is 0 Å². The summed E-state index contributed by atoms with van der Waals surface area (Å²) in [6.07, 6.45) is -1.22. The Balaban J connectivity index is 2.47. The number of carbonyl (C=O) groups is 1. The number of carboxylic acid groups (broad SMARTS) is 1. The zero-order valence-corrected chi connectivity index (χ0v) is 10.9. The van der Waals surface area contributed by atoms with Crippen LogP contribution in [0.3, 0.4) is 0 Å². The molecule has 19 heavy (non-hydrogen) atoms. The quantitative estimate of drug-likeness (QED) is 0.751. The molecule has 5 heteroatoms. The lowest BCUT2D eigenvalue weighted by atomic mass is 10.0. The second-order valence-corrected chi connectivity index (χ2v) is 4.73. The van der Waals surface area contributed by atoms with Crippen molar-refractivity contribution in [1.29, 1.82) is 0 Å². The van der Waals surface area contributed by atoms with Gasteiger partial charge < -0.3 is 10.1 Å². The normalized spacial score (nSPS) is 15.9. The highest BCUT2D eigenvalue weighted by Crippen LogP contribution is 2.17. The maximum atomic E-state index is 10.7. The largest absolute Gasteiger partial charge is 0.463 e. The highest BCUT2D eigenvalue weighted by Gasteiger charge is 2.17. The minimum atomic E-state index is -1.22. The van der Waals surface area contributed by atoms with Crippen LogP contribution in [0.2, 0.25) is 0 Å². The molecule has 5 nitrogen and oxygen atoms in total. The van der Waals surface area contributed by atoms with E-state index in [2.05, 4.69) is 34.9 Å². The zero-order valence-electron chi connectivity index (χ0n) is 10.9. The van der Waals surface area contributed by atoms with Gasteiger partial charge in [0.2, 0.25) is 0 Å². The Bertz CT molecular complexity index is 872. The van der Waals surface area contributed by atoms with Crippen molar-refractivity contribution in [2.24, 2.45) is 9.98 Å². The molecule has 0 fully saturated rings. The molecule has 1 amide bonds. The molecule has 0 aliphatic carbocycles. The molecule has 1 aliphatic heterocycles. The molecule has 0 saturated carbocycles. The van der Waals surface area contributed by atoms with Crippen molar-refractivity contribution in [2.45, 2.75) is 20.8 Å². The summed E-state index contributed by atoms with van der Waals surface area (Å²) in [5, 5.41) is 10.8. The van der Waals surface area contributed by atoms with Crippen molar-refractivity contribution in [3.05, 3.63) is 34.0 Å². The van der Waals surface area contributed by atoms with Crippen LogP contribution in [0.25, 0.3) is 16.5 Å². The number of fused-ring (bicyclic) bond motifs is 3. The van der Waals surface area contributed by atoms with Crippen molar-refractivity contribution >= 4 is 28.4 Å². The fraction of sp³-hybridized carbons (Fsp3) is 0.214. The van der Waals surface area contributed by atoms with Crippen LogP contribution in [-0.4, -0.2) is 22.0 Å². The van der Waals surface area contributed by atoms with Gasteiger partial charge >= 0.3 is 6.09 Å². The van der Waals surface area contributed by atoms with Crippen LogP contribution >= 0.6 is 0 Å². The Labute approximate surface area is 109 Å². The summed E-state index contributed by atoms with van der Waals surface area (Å²) in [4.78, 5) is 21.7. The molecule has 2 heterocycles. The number of aliphatic imine (C=N–C) groups is 1. The molecule has 0 bridgehead atoms. The molecule has 1 aromatic carbocycles. The number of amidine groups is 1. The lowest BCUT2D eigenvalue weighted by molar-refractivity contribution is 0.206. The summed E-state index contributed by atoms with van der Waals surface area (Å²) in [5.41, 5.74) is 4.90. The predicted octanol–water partition coefficient (Wildman–Crippen LogP) is 1.67. The molecule has 0 spiro atoms. The molecular formula is C14H13N3O2. The van der Waals surface area contributed by atoms with Gasteiger partial charge in [-0.2, -0.15) is 4.99 Å². The SMILES string of the molecule is CC1=c2c([nH]c3ccc(C)c(C)c23)=NC1=NC(=O)O. The fourth-order valence-corrected chi connectivity index (χ4v) is 2.50. The second-order valence-electron chi connectivity index (χ2n) is 4.73. The minimum absolute atomic E-state index is 0.275. The van der Waals surface area contributed by atoms with Crippen LogP contribution in [0.5, 0.6) is 0 Å². The molecule has 2 aromatic rings. The van der Waals surface area contributed by atoms with Crippen molar-refractivity contribution < 1.29 is 9.90 Å². The van der Waals surface area contributed by atoms with E-state index in [1.54, 1.807) is 0 Å². The Kier molecular flexibility index (Phi) is 2.32. The van der Waals surface area contributed by atoms with Gasteiger partial charge in [0.05, 0.1) is 0 Å². The standard InChI is InChI=1S/C14H13N3O2/c1-6-4-5-9-10(7(6)2)11-8(3)12(17-14(18)19)16-13(11)15-9/h4-5H,1-3H3,(H,18,19)(H,15,16,17). The zero-order chi connectivity index (χ0) is 13.7. The average molecular weight is 255 g/mol. The van der Waals surface area contributed by atoms with Crippen LogP contribution in [-0.2, 0) is 0 Å². The number of aryl methyl sites for hydroxylation is 2. The van der Waals surface area contributed by atoms with Crippen molar-refractivity contribution in [3.8, 4) is 0 Å². The molecule has 0 atom stereocenters. The maximum Gasteiger partial charge on any atom is 0.433 e. The van der Waals surface area contributed by atoms with E-state index in [1.165, 1.54) is 11.1 Å². The summed E-state index contributed by atoms with van der Waals surface area (Å²) < 4.78 is 0. The number of nitrogens with one attached hydrogen (secondary N) is 1. The van der Waals surface area contributed by atoms with Gasteiger partial charge in [-0.3, -0.25) is 0 Å². The lowest BCUT2D eigenvalue weighted by Crippen LogP contribution is -2.20. The molecular weight excluding hydrogens is 242 g/mol. The van der Waals surface area contributed by atoms with E-state index in [1.807, 2.05) is 13.0 Å². The smallest absolute Gasteiger partial charge is 0.433 e. The maximum absolute atomic E-state index is 10.7. The van der Waals surface area contributed by atoms with Gasteiger partial charge in [-0.25, -0.2) is 9.79 Å². The highest BCUT2D eigenvalue weighted by atomic mass is 16.4. The highest BCUT2D eigenvalue weighted by molar-refractivity contribution is 6.22. The number of benzene rings is 1. The average Bonchev–Trinajstić information content (AvgIpc) is 2.82. The number of H-pyrrole nitrogens is 1. The molecule has 3 rings (SSSR count). The van der Waals surface area contributed by atoms with Crippen molar-refractivity contribution in [1.82, 2.24) is 4.98 Å². The summed E-state index contributed by atoms with van der Waals surface area (Å²) >= 11 is 0. The number of hydrogen-bond acceptors (Lipinski definition) is 1. The number of rotatable bonds is 0. The van der Waals surface area contributed by atoms with Crippen LogP contribution in [0.15, 0.2) is 22.1 Å². The van der Waals surface area contributed by atoms with Gasteiger partial charge in [-0.15, -0.1) is 0 Å². The first-order valence-corrected chi connectivity index (χ1v) is 5.98. The van der Waals surface area contributed by atoms with E-state index < -0.39 is 6.09 Å². The molecule has 1 aromatic heterocycles. The van der Waals surface area contributed by atoms with Crippen LogP contribution in [0.4, 0.5) is 4.79 Å². The second kappa shape index (κ2) is 3.78. The van der Waals surface area contributed by atoms with E-state index in [9.17, 15) is 4.79 Å². The van der Waals surface area contributed by atoms with Gasteiger partial charge in [-0.1, -0.05) is 6.07 Å². The lowest BCUT2D eigenvalue weighted by Gasteiger charge is -2.02. The van der Waals surface area contributed by atoms with Crippen LogP contribution in [0.1, 0.15) is 18.1 Å². The van der Waals surface area contributed by atoms with Crippen LogP contribution < -0.4 is 10.7 Å². The van der Waals surface area contributed by atoms with E-state index in [0.29, 0.717) is 5.49 Å². The third-order valence-corrected chi connectivity index (χ3v) is 3.61. The Morgan fingerprint density at radius 2 is 2.05 bits per heavy atom. The number of amides is 1. The fourth-order valence-electron chi connectivity index (χ4n) is 2.50. The topological polar surface area (TPSA) is 77.8 Å². The Hall–Kier alpha value is -2.43. The first-order chi connectivity index (χ1) is 8.99. The molecule has 0 unspecified atom stereocenters. The van der Waals surface area contributed by atoms with Crippen molar-refractivity contribution in [3.63, 3.8) is 0 Å². The first-order valence-electron chi connectivity index (χ1n) is 5.98. The van der Waals surface area contributed by atoms with Gasteiger partial charge in [0, 0.05) is 21.7 Å². The summed E-state index contributed by atoms with van der Waals surface area (Å²) in [5.74, 6) is 0.275. The van der Waals surface area contributed by atoms with E-state index in [0.717, 1.165) is 21.7 Å². The summed E-state index contributed by atoms with van der Waals surface area (Å²) in [6.45, 7) is 5.97. The Morgan fingerprint density at radius 3 is 2.74 bits per heavy atom. The third kappa shape index (κ3) is 1.58. The first kappa shape index (κ1) is 11.6. The summed E-state index contributed by atoms with van der Waals surface area (Å²) in [7, 11) is 0. The van der Waals surface area contributed by atoms with E-state index in [-0.39, 0.29) is 5.84 Å². The molecule has 0 radical (unpaired) electrons. The minimum Gasteiger partial charge on any atom is -0.463 e. The van der Waals surface area contributed by atoms with Crippen LogP contribution in [0, 0.1) is 13.8 Å². The summed E-state index contributed by atoms with van der Waals surface area (Å²) in [6, 6.07) is 4.08. The molecule has 96 valence electrons. The number of hydrogen-bond donors (Lipinski definition) is 2. The predicted molar refractivity (Wildman–Crippen MR) is 73.1 cm³/mol. The third-order valence-electron chi connectivity index (χ3n) is 3.61. The number of aromatic amines is 1. The Morgan fingerprint density at radius 1 is 1.32 bits per heavy atom. The monoisotopic (exact) mass is 255 g/mol. The van der Waals surface area contributed by atoms with E-state index in [4.69, 9.17) is 5.11 Å². The van der Waals surface area contributed by atoms with Crippen molar-refractivity contribution in [2.75, 3.05) is 0 Å². The molecule has 2 N–H and O–H groups in total. The number of aromatic nitrogens is 1. The van der Waals surface area contributed by atoms with Gasteiger partial charge in [0.15, 0.2) is 5.84 Å².